The molecule has 0 saturated heterocycles. The molecule has 1 N–H and O–H groups in total. The number of Topliss-reactive ketones (excluding diaryl/α,β-unsaturated/α-hetero) is 1. The smallest absolute Gasteiger partial charge is 0.179 e. The third kappa shape index (κ3) is 2.46. The predicted molar refractivity (Wildman–Crippen MR) is 88.6 cm³/mol. The quantitative estimate of drug-likeness (QED) is 0.775. The van der Waals surface area contributed by atoms with Crippen molar-refractivity contribution in [2.24, 2.45) is 0 Å². The lowest BCUT2D eigenvalue weighted by Crippen LogP contribution is -2.09. The highest BCUT2D eigenvalue weighted by Gasteiger charge is 2.22. The van der Waals surface area contributed by atoms with E-state index >= 15 is 0 Å². The SMILES string of the molecule is COc1ccc(Oc2ccc3[nH]c4c(c3c2)CCCC4=O)cc1. The second-order valence-corrected chi connectivity index (χ2v) is 5.74. The minimum Gasteiger partial charge on any atom is -0.497 e. The van der Waals surface area contributed by atoms with E-state index in [-0.39, 0.29) is 5.78 Å². The summed E-state index contributed by atoms with van der Waals surface area (Å²) in [6.07, 6.45) is 2.49. The Morgan fingerprint density at radius 1 is 0.957 bits per heavy atom. The molecule has 0 atom stereocenters. The molecule has 1 aromatic heterocycles. The molecule has 0 radical (unpaired) electrons. The van der Waals surface area contributed by atoms with Gasteiger partial charge in [0.05, 0.1) is 12.8 Å². The molecule has 4 heteroatoms. The van der Waals surface area contributed by atoms with Crippen LogP contribution in [0.25, 0.3) is 10.9 Å². The number of methoxy groups -OCH3 is 1. The van der Waals surface area contributed by atoms with Gasteiger partial charge in [-0.25, -0.2) is 0 Å². The Kier molecular flexibility index (Phi) is 3.30. The molecule has 0 amide bonds. The van der Waals surface area contributed by atoms with Crippen molar-refractivity contribution in [2.45, 2.75) is 19.3 Å². The van der Waals surface area contributed by atoms with E-state index in [2.05, 4.69) is 4.98 Å². The molecule has 4 nitrogen and oxygen atoms in total. The lowest BCUT2D eigenvalue weighted by Gasteiger charge is -2.10. The number of aromatic nitrogens is 1. The fourth-order valence-corrected chi connectivity index (χ4v) is 3.12. The molecule has 1 heterocycles. The number of ether oxygens (including phenoxy) is 2. The van der Waals surface area contributed by atoms with Crippen LogP contribution < -0.4 is 9.47 Å². The van der Waals surface area contributed by atoms with Gasteiger partial charge in [-0.05, 0) is 60.9 Å². The van der Waals surface area contributed by atoms with Gasteiger partial charge in [0.25, 0.3) is 0 Å². The Morgan fingerprint density at radius 3 is 2.48 bits per heavy atom. The zero-order chi connectivity index (χ0) is 15.8. The molecule has 0 aliphatic heterocycles. The van der Waals surface area contributed by atoms with Crippen molar-refractivity contribution < 1.29 is 14.3 Å². The normalized spacial score (nSPS) is 13.9. The molecule has 2 aromatic carbocycles. The average Bonchev–Trinajstić information content (AvgIpc) is 2.95. The number of rotatable bonds is 3. The molecule has 0 spiro atoms. The molecule has 1 aliphatic carbocycles. The molecule has 0 saturated carbocycles. The van der Waals surface area contributed by atoms with Crippen LogP contribution in [0, 0.1) is 0 Å². The van der Waals surface area contributed by atoms with Gasteiger partial charge >= 0.3 is 0 Å². The number of carbonyl (C=O) groups is 1. The van der Waals surface area contributed by atoms with Crippen molar-refractivity contribution in [3.8, 4) is 17.2 Å². The van der Waals surface area contributed by atoms with Gasteiger partial charge in [-0.1, -0.05) is 0 Å². The van der Waals surface area contributed by atoms with Gasteiger partial charge in [-0.3, -0.25) is 4.79 Å². The van der Waals surface area contributed by atoms with E-state index in [1.807, 2.05) is 42.5 Å². The summed E-state index contributed by atoms with van der Waals surface area (Å²) in [5.41, 5.74) is 2.89. The van der Waals surface area contributed by atoms with Crippen molar-refractivity contribution in [2.75, 3.05) is 7.11 Å². The Morgan fingerprint density at radius 2 is 1.70 bits per heavy atom. The predicted octanol–water partition coefficient (Wildman–Crippen LogP) is 4.49. The number of carbonyl (C=O) groups excluding carboxylic acids is 1. The molecule has 1 aliphatic rings. The topological polar surface area (TPSA) is 51.3 Å². The number of H-pyrrole nitrogens is 1. The van der Waals surface area contributed by atoms with Crippen molar-refractivity contribution in [3.05, 3.63) is 53.7 Å². The highest BCUT2D eigenvalue weighted by Crippen LogP contribution is 2.33. The van der Waals surface area contributed by atoms with Crippen LogP contribution in [0.5, 0.6) is 17.2 Å². The molecule has 0 fully saturated rings. The van der Waals surface area contributed by atoms with E-state index in [9.17, 15) is 4.79 Å². The van der Waals surface area contributed by atoms with E-state index in [1.165, 1.54) is 0 Å². The molecule has 116 valence electrons. The minimum absolute atomic E-state index is 0.208. The van der Waals surface area contributed by atoms with Crippen LogP contribution in [0.4, 0.5) is 0 Å². The first-order valence-corrected chi connectivity index (χ1v) is 7.74. The first kappa shape index (κ1) is 13.9. The van der Waals surface area contributed by atoms with Crippen LogP contribution in [-0.4, -0.2) is 17.9 Å². The second kappa shape index (κ2) is 5.47. The Balaban J connectivity index is 1.69. The van der Waals surface area contributed by atoms with Crippen molar-refractivity contribution in [1.82, 2.24) is 4.98 Å². The molecule has 0 unspecified atom stereocenters. The number of ketones is 1. The van der Waals surface area contributed by atoms with Gasteiger partial charge < -0.3 is 14.5 Å². The van der Waals surface area contributed by atoms with Gasteiger partial charge in [-0.2, -0.15) is 0 Å². The summed E-state index contributed by atoms with van der Waals surface area (Å²) in [5.74, 6) is 2.53. The van der Waals surface area contributed by atoms with Crippen molar-refractivity contribution >= 4 is 16.7 Å². The molecular formula is C19H17NO3. The van der Waals surface area contributed by atoms with E-state index in [0.717, 1.165) is 52.3 Å². The Labute approximate surface area is 134 Å². The van der Waals surface area contributed by atoms with E-state index in [0.29, 0.717) is 6.42 Å². The number of benzene rings is 2. The summed E-state index contributed by atoms with van der Waals surface area (Å²) in [6, 6.07) is 13.4. The average molecular weight is 307 g/mol. The van der Waals surface area contributed by atoms with Crippen molar-refractivity contribution in [3.63, 3.8) is 0 Å². The third-order valence-electron chi connectivity index (χ3n) is 4.28. The molecule has 23 heavy (non-hydrogen) atoms. The van der Waals surface area contributed by atoms with Crippen molar-refractivity contribution in [1.29, 1.82) is 0 Å². The summed E-state index contributed by atoms with van der Waals surface area (Å²) < 4.78 is 11.1. The van der Waals surface area contributed by atoms with Gasteiger partial charge in [0.1, 0.15) is 17.2 Å². The number of aryl methyl sites for hydroxylation is 1. The number of aromatic amines is 1. The van der Waals surface area contributed by atoms with Gasteiger partial charge in [-0.15, -0.1) is 0 Å². The number of hydrogen-bond acceptors (Lipinski definition) is 3. The van der Waals surface area contributed by atoms with Crippen LogP contribution in [0.3, 0.4) is 0 Å². The van der Waals surface area contributed by atoms with Gasteiger partial charge in [0, 0.05) is 17.3 Å². The lowest BCUT2D eigenvalue weighted by molar-refractivity contribution is 0.0968. The summed E-state index contributed by atoms with van der Waals surface area (Å²) >= 11 is 0. The fourth-order valence-electron chi connectivity index (χ4n) is 3.12. The number of hydrogen-bond donors (Lipinski definition) is 1. The Hall–Kier alpha value is -2.75. The van der Waals surface area contributed by atoms with E-state index in [1.54, 1.807) is 7.11 Å². The monoisotopic (exact) mass is 307 g/mol. The van der Waals surface area contributed by atoms with Crippen LogP contribution in [0.15, 0.2) is 42.5 Å². The number of fused-ring (bicyclic) bond motifs is 3. The minimum atomic E-state index is 0.208. The first-order chi connectivity index (χ1) is 11.2. The van der Waals surface area contributed by atoms with Crippen LogP contribution in [-0.2, 0) is 6.42 Å². The fraction of sp³-hybridized carbons (Fsp3) is 0.211. The maximum atomic E-state index is 12.0. The summed E-state index contributed by atoms with van der Waals surface area (Å²) in [7, 11) is 1.64. The summed E-state index contributed by atoms with van der Waals surface area (Å²) in [5, 5.41) is 1.08. The van der Waals surface area contributed by atoms with Crippen LogP contribution in [0.1, 0.15) is 28.9 Å². The van der Waals surface area contributed by atoms with E-state index < -0.39 is 0 Å². The highest BCUT2D eigenvalue weighted by atomic mass is 16.5. The maximum absolute atomic E-state index is 12.0. The molecular weight excluding hydrogens is 290 g/mol. The maximum Gasteiger partial charge on any atom is 0.179 e. The summed E-state index contributed by atoms with van der Waals surface area (Å²) in [6.45, 7) is 0. The van der Waals surface area contributed by atoms with Gasteiger partial charge in [0.2, 0.25) is 0 Å². The zero-order valence-corrected chi connectivity index (χ0v) is 12.9. The third-order valence-corrected chi connectivity index (χ3v) is 4.28. The first-order valence-electron chi connectivity index (χ1n) is 7.74. The van der Waals surface area contributed by atoms with Crippen LogP contribution >= 0.6 is 0 Å². The van der Waals surface area contributed by atoms with Crippen LogP contribution in [0.2, 0.25) is 0 Å². The van der Waals surface area contributed by atoms with E-state index in [4.69, 9.17) is 9.47 Å². The molecule has 0 bridgehead atoms. The molecule has 4 rings (SSSR count). The summed E-state index contributed by atoms with van der Waals surface area (Å²) in [4.78, 5) is 15.3. The second-order valence-electron chi connectivity index (χ2n) is 5.74. The Bertz CT molecular complexity index is 878. The standard InChI is InChI=1S/C19H17NO3/c1-22-12-5-7-13(8-6-12)23-14-9-10-17-16(11-14)15-3-2-4-18(21)19(15)20-17/h5-11,20H,2-4H2,1H3. The molecule has 3 aromatic rings. The lowest BCUT2D eigenvalue weighted by atomic mass is 9.95. The van der Waals surface area contributed by atoms with Gasteiger partial charge in [0.15, 0.2) is 5.78 Å². The zero-order valence-electron chi connectivity index (χ0n) is 12.9. The highest BCUT2D eigenvalue weighted by molar-refractivity contribution is 6.03. The number of nitrogens with one attached hydrogen (secondary N) is 1. The largest absolute Gasteiger partial charge is 0.497 e.